The van der Waals surface area contributed by atoms with Gasteiger partial charge in [-0.25, -0.2) is 0 Å². The van der Waals surface area contributed by atoms with Gasteiger partial charge in [-0.05, 0) is 43.5 Å². The zero-order chi connectivity index (χ0) is 13.8. The molecule has 1 fully saturated rings. The fourth-order valence-electron chi connectivity index (χ4n) is 3.04. The molecule has 1 saturated heterocycles. The predicted octanol–water partition coefficient (Wildman–Crippen LogP) is 3.37. The maximum Gasteiger partial charge on any atom is 0.117 e. The quantitative estimate of drug-likeness (QED) is 0.906. The molecular formula is C17H21NO2. The van der Waals surface area contributed by atoms with Gasteiger partial charge in [-0.1, -0.05) is 30.3 Å². The van der Waals surface area contributed by atoms with Crippen LogP contribution in [0.3, 0.4) is 0 Å². The number of rotatable bonds is 5. The van der Waals surface area contributed by atoms with Crippen LogP contribution in [-0.4, -0.2) is 22.6 Å². The van der Waals surface area contributed by atoms with Gasteiger partial charge in [0, 0.05) is 6.04 Å². The zero-order valence-electron chi connectivity index (χ0n) is 11.6. The van der Waals surface area contributed by atoms with Crippen molar-refractivity contribution in [2.75, 3.05) is 6.54 Å². The van der Waals surface area contributed by atoms with Gasteiger partial charge in [-0.15, -0.1) is 0 Å². The van der Waals surface area contributed by atoms with Crippen molar-refractivity contribution >= 4 is 0 Å². The molecule has 2 aromatic rings. The van der Waals surface area contributed by atoms with Gasteiger partial charge in [0.15, 0.2) is 0 Å². The third-order valence-electron chi connectivity index (χ3n) is 4.12. The molecule has 3 heteroatoms. The lowest BCUT2D eigenvalue weighted by molar-refractivity contribution is 0.114. The Kier molecular flexibility index (Phi) is 4.19. The van der Waals surface area contributed by atoms with E-state index in [1.807, 2.05) is 42.5 Å². The van der Waals surface area contributed by atoms with E-state index in [0.717, 1.165) is 37.3 Å². The van der Waals surface area contributed by atoms with Gasteiger partial charge in [0.25, 0.3) is 0 Å². The highest BCUT2D eigenvalue weighted by molar-refractivity contribution is 5.17. The second-order valence-corrected chi connectivity index (χ2v) is 5.51. The molecule has 0 spiro atoms. The number of hydrogen-bond acceptors (Lipinski definition) is 3. The molecule has 0 aliphatic carbocycles. The smallest absolute Gasteiger partial charge is 0.117 e. The highest BCUT2D eigenvalue weighted by atomic mass is 16.3. The molecule has 2 atom stereocenters. The first-order chi connectivity index (χ1) is 9.83. The van der Waals surface area contributed by atoms with Crippen molar-refractivity contribution in [1.82, 2.24) is 4.90 Å². The molecule has 106 valence electrons. The van der Waals surface area contributed by atoms with E-state index >= 15 is 0 Å². The first kappa shape index (κ1) is 13.4. The molecule has 1 N–H and O–H groups in total. The van der Waals surface area contributed by atoms with Gasteiger partial charge in [-0.2, -0.15) is 0 Å². The van der Waals surface area contributed by atoms with E-state index in [1.54, 1.807) is 6.26 Å². The lowest BCUT2D eigenvalue weighted by Gasteiger charge is -2.25. The van der Waals surface area contributed by atoms with Crippen molar-refractivity contribution in [2.45, 2.75) is 38.0 Å². The fourth-order valence-corrected chi connectivity index (χ4v) is 3.04. The summed E-state index contributed by atoms with van der Waals surface area (Å²) in [6.45, 7) is 1.94. The lowest BCUT2D eigenvalue weighted by atomic mass is 10.0. The molecule has 3 rings (SSSR count). The van der Waals surface area contributed by atoms with E-state index in [0.29, 0.717) is 6.04 Å². The summed E-state index contributed by atoms with van der Waals surface area (Å²) in [5.74, 6) is 1.01. The number of furan rings is 1. The zero-order valence-corrected chi connectivity index (χ0v) is 11.6. The summed E-state index contributed by atoms with van der Waals surface area (Å²) in [5, 5.41) is 10.4. The highest BCUT2D eigenvalue weighted by Crippen LogP contribution is 2.28. The molecule has 0 amide bonds. The summed E-state index contributed by atoms with van der Waals surface area (Å²) in [5.41, 5.74) is 1.01. The molecule has 2 unspecified atom stereocenters. The number of benzene rings is 1. The van der Waals surface area contributed by atoms with E-state index in [2.05, 4.69) is 4.90 Å². The Balaban J connectivity index is 1.61. The molecule has 0 bridgehead atoms. The Morgan fingerprint density at radius 3 is 2.80 bits per heavy atom. The van der Waals surface area contributed by atoms with E-state index in [-0.39, 0.29) is 6.10 Å². The number of likely N-dealkylation sites (tertiary alicyclic amines) is 1. The van der Waals surface area contributed by atoms with Crippen molar-refractivity contribution in [2.24, 2.45) is 0 Å². The molecule has 20 heavy (non-hydrogen) atoms. The molecular weight excluding hydrogens is 250 g/mol. The average Bonchev–Trinajstić information content (AvgIpc) is 3.13. The first-order valence-electron chi connectivity index (χ1n) is 7.32. The molecule has 1 aliphatic rings. The van der Waals surface area contributed by atoms with Crippen LogP contribution in [0.2, 0.25) is 0 Å². The molecule has 1 aliphatic heterocycles. The molecule has 0 saturated carbocycles. The first-order valence-corrected chi connectivity index (χ1v) is 7.32. The van der Waals surface area contributed by atoms with Crippen LogP contribution in [0.4, 0.5) is 0 Å². The largest absolute Gasteiger partial charge is 0.468 e. The molecule has 1 aromatic heterocycles. The average molecular weight is 271 g/mol. The molecule has 3 nitrogen and oxygen atoms in total. The van der Waals surface area contributed by atoms with Crippen molar-refractivity contribution < 1.29 is 9.52 Å². The minimum Gasteiger partial charge on any atom is -0.468 e. The molecule has 2 heterocycles. The predicted molar refractivity (Wildman–Crippen MR) is 78.2 cm³/mol. The van der Waals surface area contributed by atoms with Crippen LogP contribution in [0.25, 0.3) is 0 Å². The highest BCUT2D eigenvalue weighted by Gasteiger charge is 2.27. The Morgan fingerprint density at radius 1 is 1.20 bits per heavy atom. The maximum absolute atomic E-state index is 10.4. The van der Waals surface area contributed by atoms with E-state index in [4.69, 9.17) is 4.42 Å². The minimum atomic E-state index is -0.376. The topological polar surface area (TPSA) is 36.6 Å². The van der Waals surface area contributed by atoms with Gasteiger partial charge < -0.3 is 9.52 Å². The van der Waals surface area contributed by atoms with Crippen LogP contribution in [0, 0.1) is 0 Å². The van der Waals surface area contributed by atoms with Gasteiger partial charge >= 0.3 is 0 Å². The normalized spacial score (nSPS) is 21.1. The van der Waals surface area contributed by atoms with E-state index < -0.39 is 0 Å². The summed E-state index contributed by atoms with van der Waals surface area (Å²) in [6, 6.07) is 14.3. The molecule has 0 radical (unpaired) electrons. The van der Waals surface area contributed by atoms with Crippen LogP contribution < -0.4 is 0 Å². The number of nitrogens with zero attached hydrogens (tertiary/aromatic N) is 1. The summed E-state index contributed by atoms with van der Waals surface area (Å²) in [7, 11) is 0. The lowest BCUT2D eigenvalue weighted by Crippen LogP contribution is -2.30. The summed E-state index contributed by atoms with van der Waals surface area (Å²) >= 11 is 0. The number of aliphatic hydroxyl groups excluding tert-OH is 1. The van der Waals surface area contributed by atoms with Crippen LogP contribution >= 0.6 is 0 Å². The van der Waals surface area contributed by atoms with Crippen molar-refractivity contribution in [1.29, 1.82) is 0 Å². The second-order valence-electron chi connectivity index (χ2n) is 5.51. The number of hydrogen-bond donors (Lipinski definition) is 1. The fraction of sp³-hybridized carbons (Fsp3) is 0.412. The van der Waals surface area contributed by atoms with Gasteiger partial charge in [0.1, 0.15) is 5.76 Å². The van der Waals surface area contributed by atoms with Crippen LogP contribution in [0.15, 0.2) is 53.1 Å². The van der Waals surface area contributed by atoms with Gasteiger partial charge in [-0.3, -0.25) is 4.90 Å². The minimum absolute atomic E-state index is 0.376. The SMILES string of the molecule is OC(CC1CCCN1Cc1ccco1)c1ccccc1. The molecule has 1 aromatic carbocycles. The summed E-state index contributed by atoms with van der Waals surface area (Å²) in [4.78, 5) is 2.42. The standard InChI is InChI=1S/C17H21NO2/c19-17(14-6-2-1-3-7-14)12-15-8-4-10-18(15)13-16-9-5-11-20-16/h1-3,5-7,9,11,15,17,19H,4,8,10,12-13H2. The van der Waals surface area contributed by atoms with Crippen molar-refractivity contribution in [3.63, 3.8) is 0 Å². The van der Waals surface area contributed by atoms with E-state index in [1.165, 1.54) is 6.42 Å². The Hall–Kier alpha value is -1.58. The van der Waals surface area contributed by atoms with Crippen LogP contribution in [0.1, 0.15) is 36.7 Å². The van der Waals surface area contributed by atoms with Gasteiger partial charge in [0.2, 0.25) is 0 Å². The van der Waals surface area contributed by atoms with E-state index in [9.17, 15) is 5.11 Å². The second kappa shape index (κ2) is 6.25. The van der Waals surface area contributed by atoms with Crippen LogP contribution in [0.5, 0.6) is 0 Å². The summed E-state index contributed by atoms with van der Waals surface area (Å²) in [6.07, 6.45) is 4.50. The Morgan fingerprint density at radius 2 is 2.05 bits per heavy atom. The summed E-state index contributed by atoms with van der Waals surface area (Å²) < 4.78 is 5.43. The van der Waals surface area contributed by atoms with Crippen LogP contribution in [-0.2, 0) is 6.54 Å². The van der Waals surface area contributed by atoms with Crippen molar-refractivity contribution in [3.8, 4) is 0 Å². The third kappa shape index (κ3) is 3.11. The number of aliphatic hydroxyl groups is 1. The van der Waals surface area contributed by atoms with Crippen molar-refractivity contribution in [3.05, 3.63) is 60.1 Å². The third-order valence-corrected chi connectivity index (χ3v) is 4.12. The maximum atomic E-state index is 10.4. The Labute approximate surface area is 119 Å². The van der Waals surface area contributed by atoms with Gasteiger partial charge in [0.05, 0.1) is 18.9 Å². The Bertz CT molecular complexity index is 509. The monoisotopic (exact) mass is 271 g/mol.